The number of aryl methyl sites for hydroxylation is 1. The van der Waals surface area contributed by atoms with Gasteiger partial charge in [-0.3, -0.25) is 4.79 Å². The molecule has 0 saturated heterocycles. The van der Waals surface area contributed by atoms with Crippen molar-refractivity contribution in [1.82, 2.24) is 4.98 Å². The number of amides is 1. The van der Waals surface area contributed by atoms with E-state index in [0.29, 0.717) is 27.9 Å². The average molecular weight is 472 g/mol. The van der Waals surface area contributed by atoms with Gasteiger partial charge in [0.15, 0.2) is 0 Å². The second-order valence-corrected chi connectivity index (χ2v) is 10.5. The van der Waals surface area contributed by atoms with Gasteiger partial charge in [0.25, 0.3) is 0 Å². The van der Waals surface area contributed by atoms with E-state index in [9.17, 15) is 14.9 Å². The molecule has 0 bridgehead atoms. The zero-order valence-electron chi connectivity index (χ0n) is 18.4. The van der Waals surface area contributed by atoms with Crippen LogP contribution in [0.25, 0.3) is 0 Å². The molecule has 1 amide bonds. The number of hydrogen-bond acceptors (Lipinski definition) is 5. The molecule has 32 heavy (non-hydrogen) atoms. The van der Waals surface area contributed by atoms with Crippen molar-refractivity contribution in [2.45, 2.75) is 51.5 Å². The van der Waals surface area contributed by atoms with Gasteiger partial charge in [-0.15, -0.1) is 11.8 Å². The Morgan fingerprint density at radius 2 is 2.09 bits per heavy atom. The van der Waals surface area contributed by atoms with E-state index < -0.39 is 5.97 Å². The van der Waals surface area contributed by atoms with E-state index in [4.69, 9.17) is 21.7 Å². The van der Waals surface area contributed by atoms with Crippen LogP contribution >= 0.6 is 23.4 Å². The minimum Gasteiger partial charge on any atom is -0.478 e. The first-order valence-corrected chi connectivity index (χ1v) is 11.8. The van der Waals surface area contributed by atoms with Crippen molar-refractivity contribution in [3.05, 3.63) is 51.7 Å². The molecular weight excluding hydrogens is 446 g/mol. The normalized spacial score (nSPS) is 15.5. The summed E-state index contributed by atoms with van der Waals surface area (Å²) in [7, 11) is 0. The second-order valence-electron chi connectivity index (χ2n) is 9.01. The molecule has 0 saturated carbocycles. The summed E-state index contributed by atoms with van der Waals surface area (Å²) in [6.45, 7) is 6.76. The number of hydrogen-bond donors (Lipinski definition) is 2. The molecule has 6 nitrogen and oxygen atoms in total. The Morgan fingerprint density at radius 1 is 1.34 bits per heavy atom. The van der Waals surface area contributed by atoms with Crippen LogP contribution < -0.4 is 5.32 Å². The number of anilines is 1. The van der Waals surface area contributed by atoms with Crippen molar-refractivity contribution in [2.24, 2.45) is 11.3 Å². The van der Waals surface area contributed by atoms with Crippen molar-refractivity contribution in [3.8, 4) is 6.07 Å². The topological polar surface area (TPSA) is 103 Å². The molecule has 0 aliphatic heterocycles. The molecule has 168 valence electrons. The minimum absolute atomic E-state index is 0.0653. The number of rotatable bonds is 6. The van der Waals surface area contributed by atoms with E-state index in [-0.39, 0.29) is 28.3 Å². The third kappa shape index (κ3) is 5.81. The van der Waals surface area contributed by atoms with Crippen LogP contribution in [0, 0.1) is 22.7 Å². The number of pyridine rings is 1. The lowest BCUT2D eigenvalue weighted by molar-refractivity contribution is -0.115. The number of carbonyl (C=O) groups excluding carboxylic acids is 1. The Kier molecular flexibility index (Phi) is 7.47. The molecule has 0 radical (unpaired) electrons. The predicted octanol–water partition coefficient (Wildman–Crippen LogP) is 5.58. The Hall–Kier alpha value is -2.56. The lowest BCUT2D eigenvalue weighted by Crippen LogP contribution is -2.27. The molecule has 1 aromatic carbocycles. The summed E-state index contributed by atoms with van der Waals surface area (Å²) < 4.78 is 0. The van der Waals surface area contributed by atoms with Gasteiger partial charge in [0.05, 0.1) is 16.1 Å². The van der Waals surface area contributed by atoms with Crippen molar-refractivity contribution in [2.75, 3.05) is 11.1 Å². The summed E-state index contributed by atoms with van der Waals surface area (Å²) in [5.74, 6) is -0.380. The zero-order valence-corrected chi connectivity index (χ0v) is 19.9. The first kappa shape index (κ1) is 24.1. The Bertz CT molecular complexity index is 1090. The van der Waals surface area contributed by atoms with Gasteiger partial charge in [-0.1, -0.05) is 32.4 Å². The van der Waals surface area contributed by atoms with Gasteiger partial charge in [-0.2, -0.15) is 5.26 Å². The van der Waals surface area contributed by atoms with E-state index in [1.54, 1.807) is 6.07 Å². The number of halogens is 1. The third-order valence-electron chi connectivity index (χ3n) is 5.75. The van der Waals surface area contributed by atoms with Crippen LogP contribution in [0.1, 0.15) is 60.8 Å². The summed E-state index contributed by atoms with van der Waals surface area (Å²) in [6, 6.07) is 8.54. The number of benzene rings is 1. The fourth-order valence-electron chi connectivity index (χ4n) is 3.81. The van der Waals surface area contributed by atoms with Gasteiger partial charge >= 0.3 is 5.97 Å². The van der Waals surface area contributed by atoms with Gasteiger partial charge in [0.2, 0.25) is 5.91 Å². The molecule has 2 N–H and O–H groups in total. The van der Waals surface area contributed by atoms with Crippen molar-refractivity contribution in [3.63, 3.8) is 0 Å². The second kappa shape index (κ2) is 9.93. The fraction of sp³-hybridized carbons (Fsp3) is 0.417. The molecule has 8 heteroatoms. The van der Waals surface area contributed by atoms with Gasteiger partial charge in [-0.25, -0.2) is 9.78 Å². The highest BCUT2D eigenvalue weighted by Crippen LogP contribution is 2.38. The molecule has 1 aliphatic rings. The van der Waals surface area contributed by atoms with Gasteiger partial charge < -0.3 is 10.4 Å². The smallest absolute Gasteiger partial charge is 0.337 e. The number of carboxylic acid groups (broad SMARTS) is 1. The highest BCUT2D eigenvalue weighted by Gasteiger charge is 2.30. The lowest BCUT2D eigenvalue weighted by atomic mass is 9.71. The van der Waals surface area contributed by atoms with Crippen LogP contribution in [0.2, 0.25) is 5.02 Å². The molecule has 0 spiro atoms. The lowest BCUT2D eigenvalue weighted by Gasteiger charge is -2.34. The highest BCUT2D eigenvalue weighted by molar-refractivity contribution is 7.99. The monoisotopic (exact) mass is 471 g/mol. The number of aromatic nitrogens is 1. The number of nitrogens with one attached hydrogen (secondary N) is 1. The Morgan fingerprint density at radius 3 is 2.75 bits per heavy atom. The van der Waals surface area contributed by atoms with Gasteiger partial charge in [0.1, 0.15) is 11.1 Å². The number of carboxylic acids is 1. The largest absolute Gasteiger partial charge is 0.478 e. The summed E-state index contributed by atoms with van der Waals surface area (Å²) in [5.41, 5.74) is 3.29. The van der Waals surface area contributed by atoms with Crippen molar-refractivity contribution < 1.29 is 14.7 Å². The molecule has 3 rings (SSSR count). The van der Waals surface area contributed by atoms with Crippen LogP contribution in [0.3, 0.4) is 0 Å². The molecule has 1 heterocycles. The summed E-state index contributed by atoms with van der Waals surface area (Å²) in [6.07, 6.45) is 3.12. The minimum atomic E-state index is -1.15. The Balaban J connectivity index is 1.62. The molecular formula is C24H26ClN3O3S. The standard InChI is InChI=1S/C24H26ClN3O3S/c1-24(2,3)16-4-7-20-14(11-16)10-15(13-26)22(28-20)32-9-8-21(29)27-17-5-6-19(25)18(12-17)23(30)31/h5-6,10,12,16H,4,7-9,11H2,1-3H3,(H,27,29)(H,30,31). The third-order valence-corrected chi connectivity index (χ3v) is 7.07. The van der Waals surface area contributed by atoms with Crippen molar-refractivity contribution in [1.29, 1.82) is 5.26 Å². The summed E-state index contributed by atoms with van der Waals surface area (Å²) in [5, 5.41) is 22.2. The van der Waals surface area contributed by atoms with Gasteiger partial charge in [-0.05, 0) is 60.4 Å². The molecule has 1 unspecified atom stereocenters. The SMILES string of the molecule is CC(C)(C)C1CCc2nc(SCCC(=O)Nc3ccc(Cl)c(C(=O)O)c3)c(C#N)cc2C1. The first-order valence-electron chi connectivity index (χ1n) is 10.5. The van der Waals surface area contributed by atoms with Crippen LogP contribution in [0.5, 0.6) is 0 Å². The first-order chi connectivity index (χ1) is 15.1. The van der Waals surface area contributed by atoms with Crippen molar-refractivity contribution >= 4 is 40.9 Å². The number of nitriles is 1. The predicted molar refractivity (Wildman–Crippen MR) is 126 cm³/mol. The molecule has 1 aliphatic carbocycles. The van der Waals surface area contributed by atoms with E-state index >= 15 is 0 Å². The maximum atomic E-state index is 12.3. The quantitative estimate of drug-likeness (QED) is 0.533. The number of carbonyl (C=O) groups is 2. The maximum Gasteiger partial charge on any atom is 0.337 e. The van der Waals surface area contributed by atoms with Crippen LogP contribution in [0.15, 0.2) is 29.3 Å². The molecule has 2 aromatic rings. The van der Waals surface area contributed by atoms with Gasteiger partial charge in [0, 0.05) is 23.6 Å². The maximum absolute atomic E-state index is 12.3. The highest BCUT2D eigenvalue weighted by atomic mass is 35.5. The Labute approximate surface area is 197 Å². The zero-order chi connectivity index (χ0) is 23.5. The summed E-state index contributed by atoms with van der Waals surface area (Å²) >= 11 is 7.25. The fourth-order valence-corrected chi connectivity index (χ4v) is 4.92. The number of aromatic carboxylic acids is 1. The van der Waals surface area contributed by atoms with E-state index in [1.165, 1.54) is 23.9 Å². The van der Waals surface area contributed by atoms with Crippen LogP contribution in [-0.2, 0) is 17.6 Å². The number of thioether (sulfide) groups is 1. The summed E-state index contributed by atoms with van der Waals surface area (Å²) in [4.78, 5) is 28.2. The van der Waals surface area contributed by atoms with E-state index in [0.717, 1.165) is 30.5 Å². The number of nitrogens with zero attached hydrogens (tertiary/aromatic N) is 2. The average Bonchev–Trinajstić information content (AvgIpc) is 2.73. The van der Waals surface area contributed by atoms with E-state index in [1.807, 2.05) is 6.07 Å². The molecule has 0 fully saturated rings. The molecule has 1 aromatic heterocycles. The van der Waals surface area contributed by atoms with Crippen LogP contribution in [0.4, 0.5) is 5.69 Å². The number of fused-ring (bicyclic) bond motifs is 1. The van der Waals surface area contributed by atoms with E-state index in [2.05, 4.69) is 32.2 Å². The molecule has 1 atom stereocenters. The van der Waals surface area contributed by atoms with Crippen LogP contribution in [-0.4, -0.2) is 27.7 Å².